The quantitative estimate of drug-likeness (QED) is 0.404. The highest BCUT2D eigenvalue weighted by Crippen LogP contribution is 2.09. The molecule has 4 aromatic rings. The van der Waals surface area contributed by atoms with Gasteiger partial charge in [0.15, 0.2) is 16.8 Å². The van der Waals surface area contributed by atoms with Crippen LogP contribution < -0.4 is 15.3 Å². The minimum absolute atomic E-state index is 0.162. The number of hydrogen-bond donors (Lipinski definition) is 0. The summed E-state index contributed by atoms with van der Waals surface area (Å²) in [6.07, 6.45) is 0. The molecule has 0 saturated carbocycles. The summed E-state index contributed by atoms with van der Waals surface area (Å²) in [5, 5.41) is 21.9. The zero-order valence-electron chi connectivity index (χ0n) is 13.5. The summed E-state index contributed by atoms with van der Waals surface area (Å²) in [6.45, 7) is 1.45. The van der Waals surface area contributed by atoms with E-state index in [1.165, 1.54) is 16.2 Å². The average molecular weight is 330 g/mol. The topological polar surface area (TPSA) is 74.2 Å². The van der Waals surface area contributed by atoms with Gasteiger partial charge in [-0.1, -0.05) is 58.8 Å². The van der Waals surface area contributed by atoms with E-state index < -0.39 is 0 Å². The van der Waals surface area contributed by atoms with Crippen molar-refractivity contribution in [1.82, 2.24) is 14.8 Å². The molecule has 0 bridgehead atoms. The summed E-state index contributed by atoms with van der Waals surface area (Å²) < 4.78 is 1.43. The van der Waals surface area contributed by atoms with Gasteiger partial charge in [0, 0.05) is 10.9 Å². The van der Waals surface area contributed by atoms with E-state index in [0.717, 1.165) is 5.69 Å². The van der Waals surface area contributed by atoms with Crippen molar-refractivity contribution in [3.05, 3.63) is 83.2 Å². The number of aromatic nitrogens is 4. The fourth-order valence-corrected chi connectivity index (χ4v) is 2.70. The van der Waals surface area contributed by atoms with Gasteiger partial charge in [-0.15, -0.1) is 0 Å². The number of benzene rings is 2. The number of hydrogen-bond acceptors (Lipinski definition) is 4. The predicted octanol–water partition coefficient (Wildman–Crippen LogP) is 0.444. The van der Waals surface area contributed by atoms with Crippen molar-refractivity contribution in [2.45, 2.75) is 6.92 Å². The smallest absolute Gasteiger partial charge is 0.300 e. The van der Waals surface area contributed by atoms with Crippen LogP contribution in [0.25, 0.3) is 17.1 Å². The van der Waals surface area contributed by atoms with Gasteiger partial charge in [0.25, 0.3) is 5.65 Å². The minimum atomic E-state index is -0.205. The molecule has 0 N–H and O–H groups in total. The highest BCUT2D eigenvalue weighted by atomic mass is 16.3. The maximum absolute atomic E-state index is 12.8. The van der Waals surface area contributed by atoms with E-state index in [0.29, 0.717) is 22.1 Å². The molecule has 0 saturated heterocycles. The van der Waals surface area contributed by atoms with Crippen molar-refractivity contribution < 1.29 is 14.7 Å². The van der Waals surface area contributed by atoms with Crippen LogP contribution in [0, 0.1) is 0 Å². The van der Waals surface area contributed by atoms with Gasteiger partial charge in [-0.05, 0) is 29.7 Å². The molecule has 2 aromatic carbocycles. The second kappa shape index (κ2) is 5.83. The van der Waals surface area contributed by atoms with Crippen molar-refractivity contribution in [3.63, 3.8) is 0 Å². The molecule has 0 radical (unpaired) electrons. The lowest BCUT2D eigenvalue weighted by atomic mass is 10.1. The molecule has 0 amide bonds. The minimum Gasteiger partial charge on any atom is -0.869 e. The monoisotopic (exact) mass is 330 g/mol. The van der Waals surface area contributed by atoms with E-state index in [1.807, 2.05) is 36.4 Å². The number of tetrazole rings is 1. The molecule has 6 heteroatoms. The van der Waals surface area contributed by atoms with E-state index in [2.05, 4.69) is 10.3 Å². The van der Waals surface area contributed by atoms with Crippen LogP contribution in [0.2, 0.25) is 0 Å². The van der Waals surface area contributed by atoms with Crippen LogP contribution in [0.15, 0.2) is 66.7 Å². The lowest BCUT2D eigenvalue weighted by molar-refractivity contribution is -0.716. The van der Waals surface area contributed by atoms with Crippen molar-refractivity contribution in [2.75, 3.05) is 0 Å². The number of para-hydroxylation sites is 1. The van der Waals surface area contributed by atoms with Crippen molar-refractivity contribution in [3.8, 4) is 5.69 Å². The number of Topliss-reactive ketones (excluding diaryl/α,β-unsaturated/α-hetero) is 1. The van der Waals surface area contributed by atoms with Crippen LogP contribution in [-0.4, -0.2) is 20.6 Å². The molecule has 0 atom stereocenters. The molecule has 0 fully saturated rings. The summed E-state index contributed by atoms with van der Waals surface area (Å²) in [7, 11) is 0. The first-order chi connectivity index (χ1) is 12.1. The van der Waals surface area contributed by atoms with Gasteiger partial charge >= 0.3 is 0 Å². The highest BCUT2D eigenvalue weighted by molar-refractivity contribution is 6.00. The summed E-state index contributed by atoms with van der Waals surface area (Å²) in [6, 6.07) is 19.8. The number of ketones is 1. The van der Waals surface area contributed by atoms with Crippen molar-refractivity contribution in [2.24, 2.45) is 0 Å². The molecule has 0 aliphatic carbocycles. The van der Waals surface area contributed by atoms with Gasteiger partial charge < -0.3 is 5.11 Å². The summed E-state index contributed by atoms with van der Waals surface area (Å²) in [4.78, 5) is 13.4. The summed E-state index contributed by atoms with van der Waals surface area (Å²) >= 11 is 0. The SMILES string of the molecule is CC(=O)c1c/c(=C(/[O-])c2ccccc2)n2n[n+](-c3ccccc3)nc12. The third-order valence-corrected chi connectivity index (χ3v) is 3.95. The summed E-state index contributed by atoms with van der Waals surface area (Å²) in [5.41, 5.74) is 2.03. The average Bonchev–Trinajstić information content (AvgIpc) is 3.22. The number of nitrogens with zero attached hydrogens (tertiary/aromatic N) is 4. The lowest BCUT2D eigenvalue weighted by Gasteiger charge is -2.08. The number of fused-ring (bicyclic) bond motifs is 1. The van der Waals surface area contributed by atoms with Gasteiger partial charge in [-0.25, -0.2) is 0 Å². The number of carbonyl (C=O) groups is 1. The van der Waals surface area contributed by atoms with E-state index in [9.17, 15) is 9.90 Å². The maximum Gasteiger partial charge on any atom is 0.300 e. The molecule has 122 valence electrons. The predicted molar refractivity (Wildman–Crippen MR) is 88.7 cm³/mol. The molecule has 6 nitrogen and oxygen atoms in total. The third-order valence-electron chi connectivity index (χ3n) is 3.95. The molecule has 0 unspecified atom stereocenters. The molecule has 0 aliphatic rings. The Morgan fingerprint density at radius 3 is 2.32 bits per heavy atom. The Bertz CT molecular complexity index is 1120. The number of carbonyl (C=O) groups excluding carboxylic acids is 1. The van der Waals surface area contributed by atoms with E-state index >= 15 is 0 Å². The van der Waals surface area contributed by atoms with Crippen LogP contribution in [0.5, 0.6) is 0 Å². The zero-order chi connectivity index (χ0) is 17.4. The normalized spacial score (nSPS) is 12.4. The molecular weight excluding hydrogens is 316 g/mol. The Kier molecular flexibility index (Phi) is 3.50. The Balaban J connectivity index is 2.03. The first kappa shape index (κ1) is 15.0. The fraction of sp³-hybridized carbons (Fsp3) is 0.0526. The Morgan fingerprint density at radius 1 is 1.04 bits per heavy atom. The Hall–Kier alpha value is -3.54. The number of rotatable bonds is 3. The zero-order valence-corrected chi connectivity index (χ0v) is 13.5. The van der Waals surface area contributed by atoms with Gasteiger partial charge in [0.05, 0.1) is 5.56 Å². The molecule has 2 aromatic heterocycles. The van der Waals surface area contributed by atoms with E-state index in [-0.39, 0.29) is 11.5 Å². The maximum atomic E-state index is 12.8. The van der Waals surface area contributed by atoms with Crippen molar-refractivity contribution in [1.29, 1.82) is 0 Å². The molecule has 0 spiro atoms. The Labute approximate surface area is 143 Å². The molecular formula is C19H14N4O2. The molecule has 25 heavy (non-hydrogen) atoms. The third kappa shape index (κ3) is 2.53. The summed E-state index contributed by atoms with van der Waals surface area (Å²) in [5.74, 6) is -0.368. The van der Waals surface area contributed by atoms with Gasteiger partial charge in [0.1, 0.15) is 5.21 Å². The lowest BCUT2D eigenvalue weighted by Crippen LogP contribution is -2.37. The largest absolute Gasteiger partial charge is 0.869 e. The second-order valence-corrected chi connectivity index (χ2v) is 5.64. The van der Waals surface area contributed by atoms with Gasteiger partial charge in [0.2, 0.25) is 0 Å². The van der Waals surface area contributed by atoms with Gasteiger partial charge in [-0.2, -0.15) is 0 Å². The van der Waals surface area contributed by atoms with Crippen LogP contribution in [0.3, 0.4) is 0 Å². The van der Waals surface area contributed by atoms with Crippen LogP contribution in [0.1, 0.15) is 22.8 Å². The van der Waals surface area contributed by atoms with E-state index in [1.54, 1.807) is 30.3 Å². The highest BCUT2D eigenvalue weighted by Gasteiger charge is 2.23. The molecule has 4 rings (SSSR count). The van der Waals surface area contributed by atoms with Gasteiger partial charge in [-0.3, -0.25) is 4.79 Å². The Morgan fingerprint density at radius 2 is 1.68 bits per heavy atom. The molecule has 2 heterocycles. The molecule has 0 aliphatic heterocycles. The fourth-order valence-electron chi connectivity index (χ4n) is 2.70. The van der Waals surface area contributed by atoms with Crippen LogP contribution in [-0.2, 0) is 0 Å². The first-order valence-corrected chi connectivity index (χ1v) is 7.80. The standard InChI is InChI=1S/C19H14N4O2/c1-13(24)16-12-17(18(25)14-8-4-2-5-9-14)22-19(16)20-23(21-22)15-10-6-3-7-11-15/h2-12H,1H3. The van der Waals surface area contributed by atoms with Crippen molar-refractivity contribution >= 4 is 17.2 Å². The second-order valence-electron chi connectivity index (χ2n) is 5.64. The van der Waals surface area contributed by atoms with E-state index in [4.69, 9.17) is 0 Å². The van der Waals surface area contributed by atoms with Crippen LogP contribution in [0.4, 0.5) is 0 Å². The first-order valence-electron chi connectivity index (χ1n) is 7.80. The van der Waals surface area contributed by atoms with Crippen LogP contribution >= 0.6 is 0 Å².